The number of aryl methyl sites for hydroxylation is 1. The molecule has 0 fully saturated rings. The Hall–Kier alpha value is -1.80. The zero-order valence-electron chi connectivity index (χ0n) is 10.8. The maximum absolute atomic E-state index is 12.0. The van der Waals surface area contributed by atoms with E-state index in [1.54, 1.807) is 24.3 Å². The molecule has 1 N–H and O–H groups in total. The van der Waals surface area contributed by atoms with Gasteiger partial charge in [-0.3, -0.25) is 4.79 Å². The molecule has 3 heteroatoms. The zero-order chi connectivity index (χ0) is 13.7. The van der Waals surface area contributed by atoms with Gasteiger partial charge < -0.3 is 5.32 Å². The van der Waals surface area contributed by atoms with Crippen molar-refractivity contribution in [3.63, 3.8) is 0 Å². The second kappa shape index (κ2) is 6.39. The Balaban J connectivity index is 2.05. The van der Waals surface area contributed by atoms with Gasteiger partial charge in [-0.05, 0) is 48.4 Å². The first-order valence-electron chi connectivity index (χ1n) is 6.35. The van der Waals surface area contributed by atoms with Gasteiger partial charge in [0, 0.05) is 16.3 Å². The fourth-order valence-electron chi connectivity index (χ4n) is 1.85. The molecule has 2 nitrogen and oxygen atoms in total. The van der Waals surface area contributed by atoms with Crippen molar-refractivity contribution in [2.75, 3.05) is 5.32 Å². The Morgan fingerprint density at radius 3 is 2.26 bits per heavy atom. The Bertz CT molecular complexity index is 546. The number of benzene rings is 2. The number of rotatable bonds is 4. The fourth-order valence-corrected chi connectivity index (χ4v) is 1.97. The summed E-state index contributed by atoms with van der Waals surface area (Å²) in [6.07, 6.45) is 2.15. The third-order valence-electron chi connectivity index (χ3n) is 2.86. The van der Waals surface area contributed by atoms with Crippen LogP contribution in [-0.4, -0.2) is 5.91 Å². The van der Waals surface area contributed by atoms with E-state index >= 15 is 0 Å². The smallest absolute Gasteiger partial charge is 0.255 e. The quantitative estimate of drug-likeness (QED) is 0.870. The van der Waals surface area contributed by atoms with Crippen LogP contribution in [0.4, 0.5) is 5.69 Å². The molecule has 0 aliphatic carbocycles. The van der Waals surface area contributed by atoms with Crippen molar-refractivity contribution >= 4 is 23.2 Å². The first-order chi connectivity index (χ1) is 9.19. The standard InChI is InChI=1S/C16H16ClNO/c1-2-3-12-4-6-13(7-5-12)16(19)18-15-10-8-14(17)9-11-15/h4-11H,2-3H2,1H3,(H,18,19). The van der Waals surface area contributed by atoms with E-state index in [0.29, 0.717) is 10.6 Å². The molecule has 0 saturated carbocycles. The van der Waals surface area contributed by atoms with Crippen LogP contribution < -0.4 is 5.32 Å². The van der Waals surface area contributed by atoms with Gasteiger partial charge in [-0.15, -0.1) is 0 Å². The lowest BCUT2D eigenvalue weighted by molar-refractivity contribution is 0.102. The average Bonchev–Trinajstić information content (AvgIpc) is 2.42. The molecule has 98 valence electrons. The SMILES string of the molecule is CCCc1ccc(C(=O)Nc2ccc(Cl)cc2)cc1. The summed E-state index contributed by atoms with van der Waals surface area (Å²) in [5, 5.41) is 3.49. The summed E-state index contributed by atoms with van der Waals surface area (Å²) in [6.45, 7) is 2.14. The van der Waals surface area contributed by atoms with Crippen LogP contribution in [0.5, 0.6) is 0 Å². The second-order valence-electron chi connectivity index (χ2n) is 4.41. The summed E-state index contributed by atoms with van der Waals surface area (Å²) in [5.74, 6) is -0.106. The van der Waals surface area contributed by atoms with Crippen molar-refractivity contribution in [2.24, 2.45) is 0 Å². The summed E-state index contributed by atoms with van der Waals surface area (Å²) in [7, 11) is 0. The Morgan fingerprint density at radius 1 is 1.05 bits per heavy atom. The van der Waals surface area contributed by atoms with Crippen LogP contribution in [-0.2, 0) is 6.42 Å². The third kappa shape index (κ3) is 3.83. The number of carbonyl (C=O) groups excluding carboxylic acids is 1. The highest BCUT2D eigenvalue weighted by Crippen LogP contribution is 2.15. The van der Waals surface area contributed by atoms with E-state index in [1.807, 2.05) is 24.3 Å². The van der Waals surface area contributed by atoms with Crippen LogP contribution in [0.2, 0.25) is 5.02 Å². The summed E-state index contributed by atoms with van der Waals surface area (Å²) < 4.78 is 0. The van der Waals surface area contributed by atoms with Gasteiger partial charge in [-0.2, -0.15) is 0 Å². The summed E-state index contributed by atoms with van der Waals surface area (Å²) in [4.78, 5) is 12.0. The second-order valence-corrected chi connectivity index (χ2v) is 4.84. The number of anilines is 1. The molecule has 0 radical (unpaired) electrons. The molecule has 0 heterocycles. The molecule has 0 aliphatic rings. The average molecular weight is 274 g/mol. The minimum atomic E-state index is -0.106. The molecule has 1 amide bonds. The molecule has 0 aliphatic heterocycles. The fraction of sp³-hybridized carbons (Fsp3) is 0.188. The number of nitrogens with one attached hydrogen (secondary N) is 1. The van der Waals surface area contributed by atoms with Gasteiger partial charge in [-0.25, -0.2) is 0 Å². The highest BCUT2D eigenvalue weighted by Gasteiger charge is 2.05. The van der Waals surface area contributed by atoms with Gasteiger partial charge >= 0.3 is 0 Å². The number of hydrogen-bond acceptors (Lipinski definition) is 1. The van der Waals surface area contributed by atoms with Gasteiger partial charge in [0.25, 0.3) is 5.91 Å². The largest absolute Gasteiger partial charge is 0.322 e. The maximum Gasteiger partial charge on any atom is 0.255 e. The molecule has 0 bridgehead atoms. The highest BCUT2D eigenvalue weighted by atomic mass is 35.5. The van der Waals surface area contributed by atoms with Gasteiger partial charge in [0.1, 0.15) is 0 Å². The van der Waals surface area contributed by atoms with Crippen LogP contribution in [0.25, 0.3) is 0 Å². The molecule has 2 aromatic rings. The molecule has 2 aromatic carbocycles. The first kappa shape index (κ1) is 13.6. The predicted molar refractivity (Wildman–Crippen MR) is 79.8 cm³/mol. The van der Waals surface area contributed by atoms with Crippen LogP contribution in [0, 0.1) is 0 Å². The molecule has 2 rings (SSSR count). The molecule has 0 unspecified atom stereocenters. The van der Waals surface area contributed by atoms with Crippen molar-refractivity contribution in [3.8, 4) is 0 Å². The van der Waals surface area contributed by atoms with Crippen molar-refractivity contribution in [3.05, 3.63) is 64.7 Å². The van der Waals surface area contributed by atoms with E-state index in [9.17, 15) is 4.79 Å². The molecule has 0 spiro atoms. The number of halogens is 1. The van der Waals surface area contributed by atoms with Gasteiger partial charge in [0.2, 0.25) is 0 Å². The third-order valence-corrected chi connectivity index (χ3v) is 3.11. The molecule has 0 atom stereocenters. The van der Waals surface area contributed by atoms with Crippen molar-refractivity contribution in [2.45, 2.75) is 19.8 Å². The Kier molecular flexibility index (Phi) is 4.58. The Morgan fingerprint density at radius 2 is 1.68 bits per heavy atom. The monoisotopic (exact) mass is 273 g/mol. The predicted octanol–water partition coefficient (Wildman–Crippen LogP) is 4.54. The maximum atomic E-state index is 12.0. The minimum Gasteiger partial charge on any atom is -0.322 e. The summed E-state index contributed by atoms with van der Waals surface area (Å²) in [6, 6.07) is 14.8. The number of carbonyl (C=O) groups is 1. The van der Waals surface area contributed by atoms with Crippen molar-refractivity contribution in [1.29, 1.82) is 0 Å². The van der Waals surface area contributed by atoms with Gasteiger partial charge in [-0.1, -0.05) is 37.1 Å². The topological polar surface area (TPSA) is 29.1 Å². The van der Waals surface area contributed by atoms with Crippen molar-refractivity contribution < 1.29 is 4.79 Å². The van der Waals surface area contributed by atoms with E-state index in [1.165, 1.54) is 5.56 Å². The van der Waals surface area contributed by atoms with Gasteiger partial charge in [0.15, 0.2) is 0 Å². The molecular weight excluding hydrogens is 258 g/mol. The van der Waals surface area contributed by atoms with Crippen LogP contribution in [0.1, 0.15) is 29.3 Å². The van der Waals surface area contributed by atoms with E-state index in [4.69, 9.17) is 11.6 Å². The van der Waals surface area contributed by atoms with E-state index < -0.39 is 0 Å². The lowest BCUT2D eigenvalue weighted by Crippen LogP contribution is -2.11. The minimum absolute atomic E-state index is 0.106. The lowest BCUT2D eigenvalue weighted by Gasteiger charge is -2.06. The number of amides is 1. The van der Waals surface area contributed by atoms with Crippen LogP contribution >= 0.6 is 11.6 Å². The zero-order valence-corrected chi connectivity index (χ0v) is 11.6. The summed E-state index contributed by atoms with van der Waals surface area (Å²) in [5.41, 5.74) is 2.66. The Labute approximate surface area is 118 Å². The van der Waals surface area contributed by atoms with E-state index in [-0.39, 0.29) is 5.91 Å². The lowest BCUT2D eigenvalue weighted by atomic mass is 10.1. The van der Waals surface area contributed by atoms with Crippen molar-refractivity contribution in [1.82, 2.24) is 0 Å². The molecule has 19 heavy (non-hydrogen) atoms. The molecule has 0 aromatic heterocycles. The van der Waals surface area contributed by atoms with Crippen LogP contribution in [0.15, 0.2) is 48.5 Å². The van der Waals surface area contributed by atoms with E-state index in [2.05, 4.69) is 12.2 Å². The van der Waals surface area contributed by atoms with Gasteiger partial charge in [0.05, 0.1) is 0 Å². The summed E-state index contributed by atoms with van der Waals surface area (Å²) >= 11 is 5.80. The molecule has 0 saturated heterocycles. The highest BCUT2D eigenvalue weighted by molar-refractivity contribution is 6.30. The molecular formula is C16H16ClNO. The normalized spacial score (nSPS) is 10.2. The van der Waals surface area contributed by atoms with E-state index in [0.717, 1.165) is 18.5 Å². The number of hydrogen-bond donors (Lipinski definition) is 1. The first-order valence-corrected chi connectivity index (χ1v) is 6.72. The van der Waals surface area contributed by atoms with Crippen LogP contribution in [0.3, 0.4) is 0 Å².